The Hall–Kier alpha value is -2.82. The second-order valence-corrected chi connectivity index (χ2v) is 8.88. The monoisotopic (exact) mass is 436 g/mol. The predicted molar refractivity (Wildman–Crippen MR) is 127 cm³/mol. The van der Waals surface area contributed by atoms with Crippen LogP contribution in [-0.4, -0.2) is 35.4 Å². The molecule has 0 aliphatic heterocycles. The number of amides is 2. The molecule has 0 spiro atoms. The first kappa shape index (κ1) is 23.8. The molecule has 0 radical (unpaired) electrons. The van der Waals surface area contributed by atoms with Crippen LogP contribution in [0.25, 0.3) is 0 Å². The summed E-state index contributed by atoms with van der Waals surface area (Å²) in [7, 11) is 0. The molecule has 5 nitrogen and oxygen atoms in total. The summed E-state index contributed by atoms with van der Waals surface area (Å²) < 4.78 is 5.76. The maximum Gasteiger partial charge on any atom is 0.261 e. The summed E-state index contributed by atoms with van der Waals surface area (Å²) in [5.41, 5.74) is 3.30. The number of hydrogen-bond acceptors (Lipinski definition) is 3. The van der Waals surface area contributed by atoms with Crippen LogP contribution in [0.1, 0.15) is 62.1 Å². The molecule has 2 amide bonds. The quantitative estimate of drug-likeness (QED) is 0.606. The average Bonchev–Trinajstić information content (AvgIpc) is 2.80. The third-order valence-electron chi connectivity index (χ3n) is 6.19. The van der Waals surface area contributed by atoms with Gasteiger partial charge in [0.2, 0.25) is 5.91 Å². The van der Waals surface area contributed by atoms with E-state index in [0.29, 0.717) is 18.7 Å². The Morgan fingerprint density at radius 3 is 2.16 bits per heavy atom. The number of carbonyl (C=O) groups excluding carboxylic acids is 2. The molecule has 1 aliphatic rings. The van der Waals surface area contributed by atoms with E-state index in [9.17, 15) is 9.59 Å². The zero-order valence-corrected chi connectivity index (χ0v) is 19.6. The molecule has 1 fully saturated rings. The van der Waals surface area contributed by atoms with Gasteiger partial charge in [0.15, 0.2) is 6.61 Å². The fourth-order valence-electron chi connectivity index (χ4n) is 4.22. The minimum atomic E-state index is -0.521. The van der Waals surface area contributed by atoms with Gasteiger partial charge >= 0.3 is 0 Å². The van der Waals surface area contributed by atoms with Gasteiger partial charge in [-0.2, -0.15) is 0 Å². The predicted octanol–water partition coefficient (Wildman–Crippen LogP) is 4.94. The van der Waals surface area contributed by atoms with Gasteiger partial charge in [-0.1, -0.05) is 73.7 Å². The van der Waals surface area contributed by atoms with Gasteiger partial charge in [0.1, 0.15) is 11.8 Å². The van der Waals surface area contributed by atoms with Crippen LogP contribution >= 0.6 is 0 Å². The van der Waals surface area contributed by atoms with Gasteiger partial charge in [-0.15, -0.1) is 0 Å². The molecule has 1 saturated carbocycles. The van der Waals surface area contributed by atoms with E-state index in [-0.39, 0.29) is 24.5 Å². The highest BCUT2D eigenvalue weighted by molar-refractivity contribution is 5.88. The Bertz CT molecular complexity index is 871. The molecular formula is C27H36N2O3. The second-order valence-electron chi connectivity index (χ2n) is 8.88. The number of hydrogen-bond donors (Lipinski definition) is 1. The van der Waals surface area contributed by atoms with Crippen molar-refractivity contribution < 1.29 is 14.3 Å². The lowest BCUT2D eigenvalue weighted by molar-refractivity contribution is -0.143. The Balaban J connectivity index is 1.73. The van der Waals surface area contributed by atoms with Gasteiger partial charge in [0.25, 0.3) is 5.91 Å². The first-order valence-electron chi connectivity index (χ1n) is 11.8. The van der Waals surface area contributed by atoms with Crippen molar-refractivity contribution >= 4 is 11.8 Å². The molecule has 2 aromatic carbocycles. The van der Waals surface area contributed by atoms with Crippen molar-refractivity contribution in [2.24, 2.45) is 0 Å². The van der Waals surface area contributed by atoms with Crippen LogP contribution < -0.4 is 10.1 Å². The number of ether oxygens (including phenoxy) is 1. The molecule has 0 heterocycles. The molecule has 1 atom stereocenters. The van der Waals surface area contributed by atoms with Crippen LogP contribution in [0.5, 0.6) is 5.75 Å². The summed E-state index contributed by atoms with van der Waals surface area (Å²) in [6.45, 7) is 6.29. The van der Waals surface area contributed by atoms with Crippen molar-refractivity contribution in [3.63, 3.8) is 0 Å². The third-order valence-corrected chi connectivity index (χ3v) is 6.19. The van der Waals surface area contributed by atoms with Gasteiger partial charge in [-0.25, -0.2) is 0 Å². The molecule has 32 heavy (non-hydrogen) atoms. The molecule has 1 N–H and O–H groups in total. The largest absolute Gasteiger partial charge is 0.484 e. The first-order valence-corrected chi connectivity index (χ1v) is 11.8. The van der Waals surface area contributed by atoms with Crippen molar-refractivity contribution in [3.8, 4) is 5.75 Å². The van der Waals surface area contributed by atoms with Crippen molar-refractivity contribution in [1.29, 1.82) is 0 Å². The lowest BCUT2D eigenvalue weighted by Crippen LogP contribution is -2.52. The molecule has 172 valence electrons. The molecular weight excluding hydrogens is 400 g/mol. The third kappa shape index (κ3) is 6.84. The number of benzene rings is 2. The van der Waals surface area contributed by atoms with Gasteiger partial charge in [0, 0.05) is 12.6 Å². The van der Waals surface area contributed by atoms with Gasteiger partial charge in [-0.05, 0) is 50.8 Å². The number of nitrogens with zero attached hydrogens (tertiary/aromatic N) is 1. The standard InChI is InChI=1S/C27H36N2O3/c1-4-25(27(31)28-23-8-6-5-7-9-23)29(18-22-14-10-20(2)11-15-22)26(30)19-32-24-16-12-21(3)13-17-24/h10-17,23,25H,4-9,18-19H2,1-3H3,(H,28,31). The molecule has 0 bridgehead atoms. The number of nitrogens with one attached hydrogen (secondary N) is 1. The van der Waals surface area contributed by atoms with E-state index in [1.165, 1.54) is 6.42 Å². The maximum atomic E-state index is 13.3. The zero-order valence-electron chi connectivity index (χ0n) is 19.6. The van der Waals surface area contributed by atoms with Crippen LogP contribution in [0.15, 0.2) is 48.5 Å². The van der Waals surface area contributed by atoms with E-state index in [4.69, 9.17) is 4.74 Å². The normalized spacial score (nSPS) is 15.1. The van der Waals surface area contributed by atoms with Crippen LogP contribution in [0.4, 0.5) is 0 Å². The van der Waals surface area contributed by atoms with E-state index in [1.54, 1.807) is 4.90 Å². The molecule has 0 saturated heterocycles. The minimum absolute atomic E-state index is 0.0600. The average molecular weight is 437 g/mol. The summed E-state index contributed by atoms with van der Waals surface area (Å²) in [5.74, 6) is 0.408. The molecule has 0 aromatic heterocycles. The van der Waals surface area contributed by atoms with E-state index >= 15 is 0 Å². The van der Waals surface area contributed by atoms with Crippen LogP contribution in [0, 0.1) is 13.8 Å². The molecule has 5 heteroatoms. The number of rotatable bonds is 9. The first-order chi connectivity index (χ1) is 15.5. The number of aryl methyl sites for hydroxylation is 2. The Labute approximate surface area is 192 Å². The summed E-state index contributed by atoms with van der Waals surface area (Å²) >= 11 is 0. The summed E-state index contributed by atoms with van der Waals surface area (Å²) in [5, 5.41) is 3.21. The summed E-state index contributed by atoms with van der Waals surface area (Å²) in [6, 6.07) is 15.4. The molecule has 1 aliphatic carbocycles. The van der Waals surface area contributed by atoms with Crippen molar-refractivity contribution in [3.05, 3.63) is 65.2 Å². The lowest BCUT2D eigenvalue weighted by atomic mass is 9.95. The van der Waals surface area contributed by atoms with Crippen LogP contribution in [0.2, 0.25) is 0 Å². The van der Waals surface area contributed by atoms with Crippen molar-refractivity contribution in [2.75, 3.05) is 6.61 Å². The fourth-order valence-corrected chi connectivity index (χ4v) is 4.22. The summed E-state index contributed by atoms with van der Waals surface area (Å²) in [6.07, 6.45) is 6.13. The Morgan fingerprint density at radius 2 is 1.56 bits per heavy atom. The zero-order chi connectivity index (χ0) is 22.9. The topological polar surface area (TPSA) is 58.6 Å². The summed E-state index contributed by atoms with van der Waals surface area (Å²) in [4.78, 5) is 28.1. The highest BCUT2D eigenvalue weighted by Gasteiger charge is 2.30. The van der Waals surface area contributed by atoms with E-state index in [1.807, 2.05) is 69.3 Å². The molecule has 2 aromatic rings. The molecule has 3 rings (SSSR count). The highest BCUT2D eigenvalue weighted by atomic mass is 16.5. The Kier molecular flexibility index (Phi) is 8.72. The highest BCUT2D eigenvalue weighted by Crippen LogP contribution is 2.19. The maximum absolute atomic E-state index is 13.3. The minimum Gasteiger partial charge on any atom is -0.484 e. The second kappa shape index (κ2) is 11.7. The smallest absolute Gasteiger partial charge is 0.261 e. The van der Waals surface area contributed by atoms with E-state index in [0.717, 1.165) is 42.4 Å². The van der Waals surface area contributed by atoms with Gasteiger partial charge in [-0.3, -0.25) is 9.59 Å². The Morgan fingerprint density at radius 1 is 0.969 bits per heavy atom. The van der Waals surface area contributed by atoms with E-state index < -0.39 is 6.04 Å². The lowest BCUT2D eigenvalue weighted by Gasteiger charge is -2.32. The van der Waals surface area contributed by atoms with Crippen LogP contribution in [0.3, 0.4) is 0 Å². The van der Waals surface area contributed by atoms with Crippen molar-refractivity contribution in [2.45, 2.75) is 77.9 Å². The van der Waals surface area contributed by atoms with Crippen LogP contribution in [-0.2, 0) is 16.1 Å². The number of carbonyl (C=O) groups is 2. The SMILES string of the molecule is CCC(C(=O)NC1CCCCC1)N(Cc1ccc(C)cc1)C(=O)COc1ccc(C)cc1. The van der Waals surface area contributed by atoms with Gasteiger partial charge in [0.05, 0.1) is 0 Å². The van der Waals surface area contributed by atoms with Crippen molar-refractivity contribution in [1.82, 2.24) is 10.2 Å². The van der Waals surface area contributed by atoms with Gasteiger partial charge < -0.3 is 15.0 Å². The fraction of sp³-hybridized carbons (Fsp3) is 0.481. The van der Waals surface area contributed by atoms with E-state index in [2.05, 4.69) is 5.32 Å². The molecule has 1 unspecified atom stereocenters.